The quantitative estimate of drug-likeness (QED) is 0.885. The highest BCUT2D eigenvalue weighted by atomic mass is 35.5. The number of rotatable bonds is 4. The van der Waals surface area contributed by atoms with Gasteiger partial charge in [-0.25, -0.2) is 0 Å². The van der Waals surface area contributed by atoms with Crippen LogP contribution in [0.15, 0.2) is 42.5 Å². The molecule has 3 nitrogen and oxygen atoms in total. The molecule has 0 saturated heterocycles. The van der Waals surface area contributed by atoms with Crippen LogP contribution in [0.25, 0.3) is 0 Å². The normalized spacial score (nSPS) is 11.8. The van der Waals surface area contributed by atoms with E-state index < -0.39 is 6.10 Å². The number of carbonyl (C=O) groups excluding carboxylic acids is 1. The van der Waals surface area contributed by atoms with E-state index in [0.29, 0.717) is 21.5 Å². The first-order valence-electron chi connectivity index (χ1n) is 6.45. The Bertz CT molecular complexity index is 658. The zero-order valence-corrected chi connectivity index (χ0v) is 13.2. The second kappa shape index (κ2) is 6.83. The smallest absolute Gasteiger partial charge is 0.265 e. The molecule has 1 N–H and O–H groups in total. The molecule has 5 heteroatoms. The number of hydrogen-bond acceptors (Lipinski definition) is 2. The molecule has 0 unspecified atom stereocenters. The number of amides is 1. The molecule has 0 fully saturated rings. The number of hydrogen-bond donors (Lipinski definition) is 1. The summed E-state index contributed by atoms with van der Waals surface area (Å²) in [6.45, 7) is 3.57. The summed E-state index contributed by atoms with van der Waals surface area (Å²) in [6, 6.07) is 12.3. The van der Waals surface area contributed by atoms with Crippen LogP contribution in [0.2, 0.25) is 10.0 Å². The molecule has 0 aliphatic carbocycles. The summed E-state index contributed by atoms with van der Waals surface area (Å²) < 4.78 is 5.57. The summed E-state index contributed by atoms with van der Waals surface area (Å²) in [4.78, 5) is 12.2. The van der Waals surface area contributed by atoms with Gasteiger partial charge in [-0.05, 0) is 49.7 Å². The fourth-order valence-corrected chi connectivity index (χ4v) is 2.11. The highest BCUT2D eigenvalue weighted by Gasteiger charge is 2.16. The lowest BCUT2D eigenvalue weighted by Crippen LogP contribution is -2.30. The lowest BCUT2D eigenvalue weighted by Gasteiger charge is -2.16. The minimum absolute atomic E-state index is 0.250. The molecular weight excluding hydrogens is 309 g/mol. The zero-order chi connectivity index (χ0) is 15.4. The third-order valence-corrected chi connectivity index (χ3v) is 3.41. The van der Waals surface area contributed by atoms with Crippen molar-refractivity contribution in [1.29, 1.82) is 0 Å². The highest BCUT2D eigenvalue weighted by Crippen LogP contribution is 2.22. The van der Waals surface area contributed by atoms with E-state index in [1.54, 1.807) is 43.3 Å². The Kier molecular flexibility index (Phi) is 5.10. The molecule has 1 atom stereocenters. The fourth-order valence-electron chi connectivity index (χ4n) is 1.76. The molecule has 1 amide bonds. The Balaban J connectivity index is 2.04. The van der Waals surface area contributed by atoms with Crippen molar-refractivity contribution in [2.75, 3.05) is 5.32 Å². The number of carbonyl (C=O) groups is 1. The van der Waals surface area contributed by atoms with Gasteiger partial charge in [-0.3, -0.25) is 4.79 Å². The zero-order valence-electron chi connectivity index (χ0n) is 11.7. The van der Waals surface area contributed by atoms with E-state index in [4.69, 9.17) is 27.9 Å². The van der Waals surface area contributed by atoms with E-state index in [-0.39, 0.29) is 5.91 Å². The van der Waals surface area contributed by atoms with Crippen LogP contribution in [-0.2, 0) is 4.79 Å². The number of anilines is 1. The molecule has 110 valence electrons. The summed E-state index contributed by atoms with van der Waals surface area (Å²) >= 11 is 11.8. The Morgan fingerprint density at radius 2 is 1.86 bits per heavy atom. The maximum atomic E-state index is 12.2. The molecule has 2 rings (SSSR count). The molecule has 0 heterocycles. The van der Waals surface area contributed by atoms with Crippen molar-refractivity contribution in [1.82, 2.24) is 0 Å². The third-order valence-electron chi connectivity index (χ3n) is 2.94. The lowest BCUT2D eigenvalue weighted by atomic mass is 10.2. The number of ether oxygens (including phenoxy) is 1. The van der Waals surface area contributed by atoms with Crippen LogP contribution < -0.4 is 10.1 Å². The van der Waals surface area contributed by atoms with Gasteiger partial charge in [0.2, 0.25) is 0 Å². The van der Waals surface area contributed by atoms with Crippen molar-refractivity contribution in [3.05, 3.63) is 58.1 Å². The van der Waals surface area contributed by atoms with Gasteiger partial charge in [0.05, 0.1) is 0 Å². The van der Waals surface area contributed by atoms with Crippen molar-refractivity contribution in [3.63, 3.8) is 0 Å². The van der Waals surface area contributed by atoms with E-state index >= 15 is 0 Å². The van der Waals surface area contributed by atoms with Crippen molar-refractivity contribution in [2.45, 2.75) is 20.0 Å². The van der Waals surface area contributed by atoms with Crippen molar-refractivity contribution < 1.29 is 9.53 Å². The molecule has 21 heavy (non-hydrogen) atoms. The average molecular weight is 324 g/mol. The Morgan fingerprint density at radius 3 is 2.57 bits per heavy atom. The van der Waals surface area contributed by atoms with Crippen LogP contribution >= 0.6 is 23.2 Å². The first-order valence-corrected chi connectivity index (χ1v) is 7.20. The van der Waals surface area contributed by atoms with Crippen LogP contribution in [0, 0.1) is 6.92 Å². The van der Waals surface area contributed by atoms with Crippen molar-refractivity contribution in [3.8, 4) is 5.75 Å². The number of benzene rings is 2. The monoisotopic (exact) mass is 323 g/mol. The van der Waals surface area contributed by atoms with Crippen LogP contribution in [-0.4, -0.2) is 12.0 Å². The maximum absolute atomic E-state index is 12.2. The van der Waals surface area contributed by atoms with Crippen LogP contribution in [0.5, 0.6) is 5.75 Å². The second-order valence-electron chi connectivity index (χ2n) is 4.67. The minimum atomic E-state index is -0.651. The number of nitrogens with one attached hydrogen (secondary N) is 1. The molecule has 0 bridgehead atoms. The van der Waals surface area contributed by atoms with Gasteiger partial charge in [-0.2, -0.15) is 0 Å². The molecule has 0 aliphatic heterocycles. The summed E-state index contributed by atoms with van der Waals surface area (Å²) in [5.74, 6) is 0.299. The van der Waals surface area contributed by atoms with Gasteiger partial charge in [-0.1, -0.05) is 35.3 Å². The van der Waals surface area contributed by atoms with Gasteiger partial charge in [0.15, 0.2) is 6.10 Å². The van der Waals surface area contributed by atoms with E-state index in [0.717, 1.165) is 5.56 Å². The Hall–Kier alpha value is -1.71. The molecule has 0 aliphatic rings. The van der Waals surface area contributed by atoms with E-state index in [1.807, 2.05) is 13.0 Å². The van der Waals surface area contributed by atoms with E-state index in [9.17, 15) is 4.79 Å². The molecule has 0 aromatic heterocycles. The molecule has 0 saturated carbocycles. The van der Waals surface area contributed by atoms with Gasteiger partial charge >= 0.3 is 0 Å². The van der Waals surface area contributed by atoms with E-state index in [1.165, 1.54) is 0 Å². The lowest BCUT2D eigenvalue weighted by molar-refractivity contribution is -0.122. The first-order chi connectivity index (χ1) is 9.95. The fraction of sp³-hybridized carbons (Fsp3) is 0.188. The largest absolute Gasteiger partial charge is 0.481 e. The summed E-state index contributed by atoms with van der Waals surface area (Å²) in [7, 11) is 0. The van der Waals surface area contributed by atoms with Gasteiger partial charge < -0.3 is 10.1 Å². The van der Waals surface area contributed by atoms with Crippen LogP contribution in [0.1, 0.15) is 12.5 Å². The molecule has 2 aromatic carbocycles. The average Bonchev–Trinajstić information content (AvgIpc) is 2.43. The topological polar surface area (TPSA) is 38.3 Å². The SMILES string of the molecule is Cc1ccc(Cl)cc1NC(=O)[C@H](C)Oc1cccc(Cl)c1. The predicted molar refractivity (Wildman–Crippen MR) is 86.4 cm³/mol. The standard InChI is InChI=1S/C16H15Cl2NO2/c1-10-6-7-13(18)9-15(10)19-16(20)11(2)21-14-5-3-4-12(17)8-14/h3-9,11H,1-2H3,(H,19,20)/t11-/m0/s1. The Morgan fingerprint density at radius 1 is 1.14 bits per heavy atom. The third kappa shape index (κ3) is 4.38. The summed E-state index contributed by atoms with van der Waals surface area (Å²) in [5.41, 5.74) is 1.61. The maximum Gasteiger partial charge on any atom is 0.265 e. The van der Waals surface area contributed by atoms with E-state index in [2.05, 4.69) is 5.32 Å². The molecule has 2 aromatic rings. The van der Waals surface area contributed by atoms with Gasteiger partial charge in [0, 0.05) is 15.7 Å². The first kappa shape index (κ1) is 15.7. The minimum Gasteiger partial charge on any atom is -0.481 e. The second-order valence-corrected chi connectivity index (χ2v) is 5.54. The predicted octanol–water partition coefficient (Wildman–Crippen LogP) is 4.71. The summed E-state index contributed by atoms with van der Waals surface area (Å²) in [5, 5.41) is 3.93. The number of halogens is 2. The Labute approximate surface area is 133 Å². The molecule has 0 spiro atoms. The van der Waals surface area contributed by atoms with Crippen molar-refractivity contribution in [2.24, 2.45) is 0 Å². The number of aryl methyl sites for hydroxylation is 1. The summed E-state index contributed by atoms with van der Waals surface area (Å²) in [6.07, 6.45) is -0.651. The van der Waals surface area contributed by atoms with Crippen LogP contribution in [0.4, 0.5) is 5.69 Å². The van der Waals surface area contributed by atoms with Crippen molar-refractivity contribution >= 4 is 34.8 Å². The van der Waals surface area contributed by atoms with Crippen LogP contribution in [0.3, 0.4) is 0 Å². The van der Waals surface area contributed by atoms with Gasteiger partial charge in [0.25, 0.3) is 5.91 Å². The highest BCUT2D eigenvalue weighted by molar-refractivity contribution is 6.31. The van der Waals surface area contributed by atoms with Gasteiger partial charge in [0.1, 0.15) is 5.75 Å². The molecular formula is C16H15Cl2NO2. The molecule has 0 radical (unpaired) electrons. The van der Waals surface area contributed by atoms with Gasteiger partial charge in [-0.15, -0.1) is 0 Å².